The molecule has 0 aliphatic rings. The number of unbranched alkanes of at least 4 members (excludes halogenated alkanes) is 1. The Morgan fingerprint density at radius 3 is 2.79 bits per heavy atom. The topological polar surface area (TPSA) is 122 Å². The maximum atomic E-state index is 11.8. The second kappa shape index (κ2) is 7.22. The number of aromatic nitrogens is 2. The Morgan fingerprint density at radius 1 is 1.42 bits per heavy atom. The fourth-order valence-electron chi connectivity index (χ4n) is 1.34. The Hall–Kier alpha value is -1.45. The number of carboxylic acids is 1. The Labute approximate surface area is 111 Å². The Morgan fingerprint density at radius 2 is 2.16 bits per heavy atom. The molecular weight excluding hydrogens is 274 g/mol. The number of aliphatic carboxylic acids is 1. The van der Waals surface area contributed by atoms with E-state index in [0.717, 1.165) is 0 Å². The van der Waals surface area contributed by atoms with Crippen molar-refractivity contribution in [2.75, 3.05) is 13.2 Å². The van der Waals surface area contributed by atoms with Crippen LogP contribution in [0.3, 0.4) is 0 Å². The van der Waals surface area contributed by atoms with E-state index < -0.39 is 16.0 Å². The molecule has 0 saturated heterocycles. The van der Waals surface area contributed by atoms with Crippen LogP contribution < -0.4 is 4.72 Å². The maximum Gasteiger partial charge on any atom is 0.305 e. The molecule has 0 aliphatic carbocycles. The SMILES string of the molecule is O=C(O)CCn1cc(S(=O)(=O)NCCCCO)cn1. The first-order valence-electron chi connectivity index (χ1n) is 5.80. The molecule has 0 radical (unpaired) electrons. The summed E-state index contributed by atoms with van der Waals surface area (Å²) in [6, 6.07) is 0. The number of aliphatic hydroxyl groups excluding tert-OH is 1. The van der Waals surface area contributed by atoms with Crippen LogP contribution in [0.5, 0.6) is 0 Å². The summed E-state index contributed by atoms with van der Waals surface area (Å²) >= 11 is 0. The fourth-order valence-corrected chi connectivity index (χ4v) is 2.37. The summed E-state index contributed by atoms with van der Waals surface area (Å²) in [7, 11) is -3.62. The molecule has 1 aromatic heterocycles. The van der Waals surface area contributed by atoms with Crippen LogP contribution in [0.15, 0.2) is 17.3 Å². The number of carbonyl (C=O) groups is 1. The van der Waals surface area contributed by atoms with Crippen LogP contribution in [0.4, 0.5) is 0 Å². The van der Waals surface area contributed by atoms with Gasteiger partial charge in [0.1, 0.15) is 4.90 Å². The molecule has 1 heterocycles. The Bertz CT molecular complexity index is 511. The first kappa shape index (κ1) is 15.6. The molecule has 0 aromatic carbocycles. The summed E-state index contributed by atoms with van der Waals surface area (Å²) in [4.78, 5) is 10.4. The van der Waals surface area contributed by atoms with Crippen LogP contribution >= 0.6 is 0 Å². The second-order valence-corrected chi connectivity index (χ2v) is 5.68. The van der Waals surface area contributed by atoms with E-state index in [2.05, 4.69) is 9.82 Å². The first-order valence-corrected chi connectivity index (χ1v) is 7.29. The van der Waals surface area contributed by atoms with E-state index in [1.54, 1.807) is 0 Å². The molecule has 0 bridgehead atoms. The van der Waals surface area contributed by atoms with E-state index in [-0.39, 0.29) is 31.0 Å². The summed E-state index contributed by atoms with van der Waals surface area (Å²) in [5.41, 5.74) is 0. The molecular formula is C10H17N3O5S. The average Bonchev–Trinajstić information content (AvgIpc) is 2.82. The van der Waals surface area contributed by atoms with Gasteiger partial charge in [-0.25, -0.2) is 13.1 Å². The lowest BCUT2D eigenvalue weighted by Crippen LogP contribution is -2.24. The van der Waals surface area contributed by atoms with Crippen molar-refractivity contribution in [1.82, 2.24) is 14.5 Å². The fraction of sp³-hybridized carbons (Fsp3) is 0.600. The number of aliphatic hydroxyl groups is 1. The van der Waals surface area contributed by atoms with Crippen LogP contribution in [-0.4, -0.2) is 47.5 Å². The smallest absolute Gasteiger partial charge is 0.305 e. The van der Waals surface area contributed by atoms with Crippen LogP contribution in [0, 0.1) is 0 Å². The van der Waals surface area contributed by atoms with Gasteiger partial charge in [-0.1, -0.05) is 0 Å². The maximum absolute atomic E-state index is 11.8. The summed E-state index contributed by atoms with van der Waals surface area (Å²) in [5, 5.41) is 20.9. The minimum atomic E-state index is -3.62. The van der Waals surface area contributed by atoms with E-state index in [4.69, 9.17) is 10.2 Å². The van der Waals surface area contributed by atoms with Crippen LogP contribution in [0.25, 0.3) is 0 Å². The number of sulfonamides is 1. The van der Waals surface area contributed by atoms with Gasteiger partial charge < -0.3 is 10.2 Å². The number of rotatable bonds is 9. The molecule has 0 saturated carbocycles. The average molecular weight is 291 g/mol. The summed E-state index contributed by atoms with van der Waals surface area (Å²) in [6.45, 7) is 0.382. The predicted octanol–water partition coefficient (Wildman–Crippen LogP) is -0.591. The molecule has 9 heteroatoms. The lowest BCUT2D eigenvalue weighted by atomic mass is 10.3. The zero-order valence-electron chi connectivity index (χ0n) is 10.3. The molecule has 0 spiro atoms. The van der Waals surface area contributed by atoms with E-state index in [1.807, 2.05) is 0 Å². The van der Waals surface area contributed by atoms with E-state index in [9.17, 15) is 13.2 Å². The molecule has 1 rings (SSSR count). The largest absolute Gasteiger partial charge is 0.481 e. The van der Waals surface area contributed by atoms with E-state index >= 15 is 0 Å². The minimum absolute atomic E-state index is 0.00175. The number of carboxylic acid groups (broad SMARTS) is 1. The molecule has 8 nitrogen and oxygen atoms in total. The van der Waals surface area contributed by atoms with Gasteiger partial charge in [0.25, 0.3) is 0 Å². The van der Waals surface area contributed by atoms with Crippen LogP contribution in [0.1, 0.15) is 19.3 Å². The molecule has 3 N–H and O–H groups in total. The van der Waals surface area contributed by atoms with Crippen molar-refractivity contribution < 1.29 is 23.4 Å². The third-order valence-corrected chi connectivity index (χ3v) is 3.77. The Kier molecular flexibility index (Phi) is 5.93. The second-order valence-electron chi connectivity index (χ2n) is 3.91. The van der Waals surface area contributed by atoms with E-state index in [1.165, 1.54) is 17.1 Å². The third kappa shape index (κ3) is 5.37. The molecule has 0 aliphatic heterocycles. The zero-order chi connectivity index (χ0) is 14.3. The summed E-state index contributed by atoms with van der Waals surface area (Å²) in [5.74, 6) is -0.970. The third-order valence-electron chi connectivity index (χ3n) is 2.35. The Balaban J connectivity index is 2.56. The van der Waals surface area contributed by atoms with Gasteiger partial charge in [-0.05, 0) is 12.8 Å². The van der Waals surface area contributed by atoms with Crippen molar-refractivity contribution in [2.24, 2.45) is 0 Å². The number of aryl methyl sites for hydroxylation is 1. The molecule has 108 valence electrons. The molecule has 0 unspecified atom stereocenters. The molecule has 1 aromatic rings. The summed E-state index contributed by atoms with van der Waals surface area (Å²) in [6.07, 6.45) is 3.42. The highest BCUT2D eigenvalue weighted by molar-refractivity contribution is 7.89. The quantitative estimate of drug-likeness (QED) is 0.523. The molecule has 0 amide bonds. The van der Waals surface area contributed by atoms with Crippen molar-refractivity contribution in [2.45, 2.75) is 30.7 Å². The number of hydrogen-bond donors (Lipinski definition) is 3. The predicted molar refractivity (Wildman–Crippen MR) is 66.0 cm³/mol. The summed E-state index contributed by atoms with van der Waals surface area (Å²) < 4.78 is 27.3. The first-order chi connectivity index (χ1) is 8.95. The van der Waals surface area contributed by atoms with Gasteiger partial charge in [-0.2, -0.15) is 5.10 Å². The highest BCUT2D eigenvalue weighted by Gasteiger charge is 2.15. The lowest BCUT2D eigenvalue weighted by molar-refractivity contribution is -0.137. The van der Waals surface area contributed by atoms with Gasteiger partial charge in [-0.15, -0.1) is 0 Å². The van der Waals surface area contributed by atoms with Gasteiger partial charge in [0, 0.05) is 19.3 Å². The van der Waals surface area contributed by atoms with Crippen molar-refractivity contribution in [3.05, 3.63) is 12.4 Å². The molecule has 0 fully saturated rings. The van der Waals surface area contributed by atoms with Gasteiger partial charge in [0.15, 0.2) is 0 Å². The standard InChI is InChI=1S/C10H17N3O5S/c14-6-2-1-4-12-19(17,18)9-7-11-13(8-9)5-3-10(15)16/h7-8,12,14H,1-6H2,(H,15,16). The highest BCUT2D eigenvalue weighted by Crippen LogP contribution is 2.07. The molecule has 19 heavy (non-hydrogen) atoms. The van der Waals surface area contributed by atoms with E-state index in [0.29, 0.717) is 12.8 Å². The zero-order valence-corrected chi connectivity index (χ0v) is 11.1. The minimum Gasteiger partial charge on any atom is -0.481 e. The van der Waals surface area contributed by atoms with Gasteiger partial charge in [-0.3, -0.25) is 9.48 Å². The van der Waals surface area contributed by atoms with Crippen molar-refractivity contribution >= 4 is 16.0 Å². The van der Waals surface area contributed by atoms with Crippen molar-refractivity contribution in [3.63, 3.8) is 0 Å². The van der Waals surface area contributed by atoms with Gasteiger partial charge >= 0.3 is 5.97 Å². The number of hydrogen-bond acceptors (Lipinski definition) is 5. The van der Waals surface area contributed by atoms with Crippen LogP contribution in [0.2, 0.25) is 0 Å². The highest BCUT2D eigenvalue weighted by atomic mass is 32.2. The van der Waals surface area contributed by atoms with Gasteiger partial charge in [0.2, 0.25) is 10.0 Å². The van der Waals surface area contributed by atoms with Crippen LogP contribution in [-0.2, 0) is 21.4 Å². The van der Waals surface area contributed by atoms with Gasteiger partial charge in [0.05, 0.1) is 19.2 Å². The monoisotopic (exact) mass is 291 g/mol. The number of nitrogens with zero attached hydrogens (tertiary/aromatic N) is 2. The lowest BCUT2D eigenvalue weighted by Gasteiger charge is -2.03. The number of nitrogens with one attached hydrogen (secondary N) is 1. The normalized spacial score (nSPS) is 11.6. The molecule has 0 atom stereocenters. The van der Waals surface area contributed by atoms with Crippen molar-refractivity contribution in [1.29, 1.82) is 0 Å². The van der Waals surface area contributed by atoms with Crippen molar-refractivity contribution in [3.8, 4) is 0 Å².